The molecule has 12 heteroatoms. The highest BCUT2D eigenvalue weighted by Crippen LogP contribution is 2.35. The maximum atomic E-state index is 6.67. The molecule has 0 amide bonds. The second-order valence-electron chi connectivity index (χ2n) is 14.1. The van der Waals surface area contributed by atoms with E-state index in [4.69, 9.17) is 34.7 Å². The number of aryl methyl sites for hydroxylation is 2. The van der Waals surface area contributed by atoms with E-state index in [1.165, 1.54) is 33.4 Å². The molecule has 0 fully saturated rings. The van der Waals surface area contributed by atoms with Gasteiger partial charge < -0.3 is 11.5 Å². The molecule has 10 rings (SSSR count). The lowest BCUT2D eigenvalue weighted by atomic mass is 10.1. The Kier molecular flexibility index (Phi) is 11.0. The first-order chi connectivity index (χ1) is 28.5. The predicted octanol–water partition coefficient (Wildman–Crippen LogP) is 11.7. The topological polar surface area (TPSA) is 113 Å². The number of benzene rings is 4. The zero-order valence-electron chi connectivity index (χ0n) is 31.4. The largest absolute Gasteiger partial charge is 0.330 e. The van der Waals surface area contributed by atoms with Crippen molar-refractivity contribution in [1.29, 1.82) is 0 Å². The second-order valence-corrected chi connectivity index (χ2v) is 16.4. The van der Waals surface area contributed by atoms with Gasteiger partial charge in [0.25, 0.3) is 0 Å². The van der Waals surface area contributed by atoms with Gasteiger partial charge in [0.1, 0.15) is 23.7 Å². The fourth-order valence-electron chi connectivity index (χ4n) is 7.38. The number of nitrogens with zero attached hydrogens (tertiary/aromatic N) is 6. The molecular formula is C46H38Cl2N8S2. The number of nitrogens with two attached hydrogens (primary N) is 2. The molecular weight excluding hydrogens is 800 g/mol. The van der Waals surface area contributed by atoms with Crippen molar-refractivity contribution in [1.82, 2.24) is 29.1 Å². The van der Waals surface area contributed by atoms with Crippen molar-refractivity contribution in [3.05, 3.63) is 153 Å². The van der Waals surface area contributed by atoms with E-state index in [2.05, 4.69) is 123 Å². The van der Waals surface area contributed by atoms with Gasteiger partial charge in [0.15, 0.2) is 0 Å². The maximum absolute atomic E-state index is 6.67. The minimum Gasteiger partial charge on any atom is -0.330 e. The molecule has 0 aliphatic rings. The highest BCUT2D eigenvalue weighted by molar-refractivity contribution is 7.08. The average molecular weight is 838 g/mol. The molecule has 0 unspecified atom stereocenters. The molecule has 4 N–H and O–H groups in total. The Hall–Kier alpha value is -5.46. The molecule has 4 aromatic carbocycles. The lowest BCUT2D eigenvalue weighted by molar-refractivity contribution is 0.832. The summed E-state index contributed by atoms with van der Waals surface area (Å²) >= 11 is 16.7. The third kappa shape index (κ3) is 7.51. The highest BCUT2D eigenvalue weighted by Gasteiger charge is 2.16. The van der Waals surface area contributed by atoms with Crippen LogP contribution in [0, 0.1) is 0 Å². The van der Waals surface area contributed by atoms with Gasteiger partial charge in [0.05, 0.1) is 55.9 Å². The smallest absolute Gasteiger partial charge is 0.108 e. The molecule has 8 nitrogen and oxygen atoms in total. The number of fused-ring (bicyclic) bond motifs is 6. The van der Waals surface area contributed by atoms with Crippen LogP contribution < -0.4 is 11.5 Å². The van der Waals surface area contributed by atoms with Crippen molar-refractivity contribution in [2.24, 2.45) is 11.5 Å². The first-order valence-corrected chi connectivity index (χ1v) is 21.7. The second kappa shape index (κ2) is 16.8. The molecule has 0 bridgehead atoms. The monoisotopic (exact) mass is 836 g/mol. The standard InChI is InChI=1S/2C23H19ClN4S/c2*24-19-10-15(2-1-8-25)3-6-22(19)28-14-27-21-12-26-20-5-4-16(11-18(20)23(21)28)17-7-9-29-13-17/h2*3-7,9-14H,1-2,8,25H2. The third-order valence-electron chi connectivity index (χ3n) is 10.3. The van der Waals surface area contributed by atoms with E-state index in [0.717, 1.165) is 80.9 Å². The number of halogens is 2. The zero-order chi connectivity index (χ0) is 39.6. The Balaban J connectivity index is 0.000000150. The summed E-state index contributed by atoms with van der Waals surface area (Å²) in [4.78, 5) is 18.3. The van der Waals surface area contributed by atoms with Crippen LogP contribution in [-0.4, -0.2) is 42.2 Å². The van der Waals surface area contributed by atoms with Gasteiger partial charge in [0.2, 0.25) is 0 Å². The molecule has 0 spiro atoms. The van der Waals surface area contributed by atoms with E-state index >= 15 is 0 Å². The van der Waals surface area contributed by atoms with E-state index in [0.29, 0.717) is 23.1 Å². The summed E-state index contributed by atoms with van der Waals surface area (Å²) < 4.78 is 4.12. The molecule has 0 aliphatic carbocycles. The summed E-state index contributed by atoms with van der Waals surface area (Å²) in [6.07, 6.45) is 11.0. The van der Waals surface area contributed by atoms with Crippen LogP contribution in [0.1, 0.15) is 24.0 Å². The minimum atomic E-state index is 0.678. The number of hydrogen-bond acceptors (Lipinski definition) is 8. The number of aromatic nitrogens is 6. The van der Waals surface area contributed by atoms with Crippen molar-refractivity contribution >= 4 is 89.7 Å². The molecule has 6 heterocycles. The molecule has 0 atom stereocenters. The van der Waals surface area contributed by atoms with Gasteiger partial charge in [-0.25, -0.2) is 9.97 Å². The average Bonchev–Trinajstić information content (AvgIpc) is 4.10. The summed E-state index contributed by atoms with van der Waals surface area (Å²) in [6, 6.07) is 29.4. The van der Waals surface area contributed by atoms with E-state index < -0.39 is 0 Å². The normalized spacial score (nSPS) is 11.5. The van der Waals surface area contributed by atoms with Crippen LogP contribution in [-0.2, 0) is 12.8 Å². The van der Waals surface area contributed by atoms with Gasteiger partial charge in [0, 0.05) is 10.8 Å². The van der Waals surface area contributed by atoms with Gasteiger partial charge in [-0.15, -0.1) is 0 Å². The van der Waals surface area contributed by atoms with E-state index in [-0.39, 0.29) is 0 Å². The van der Waals surface area contributed by atoms with Crippen molar-refractivity contribution in [2.45, 2.75) is 25.7 Å². The van der Waals surface area contributed by atoms with Crippen LogP contribution in [0.25, 0.3) is 77.5 Å². The lowest BCUT2D eigenvalue weighted by Crippen LogP contribution is -2.01. The van der Waals surface area contributed by atoms with Crippen molar-refractivity contribution in [3.63, 3.8) is 0 Å². The van der Waals surface area contributed by atoms with E-state index in [9.17, 15) is 0 Å². The Bertz CT molecular complexity index is 2820. The van der Waals surface area contributed by atoms with Crippen LogP contribution >= 0.6 is 45.9 Å². The van der Waals surface area contributed by atoms with E-state index in [1.807, 2.05) is 37.2 Å². The predicted molar refractivity (Wildman–Crippen MR) is 244 cm³/mol. The Labute approximate surface area is 353 Å². The van der Waals surface area contributed by atoms with Crippen molar-refractivity contribution in [2.75, 3.05) is 13.1 Å². The van der Waals surface area contributed by atoms with Gasteiger partial charge in [-0.3, -0.25) is 19.1 Å². The fraction of sp³-hybridized carbons (Fsp3) is 0.130. The molecule has 0 aliphatic heterocycles. The highest BCUT2D eigenvalue weighted by atomic mass is 35.5. The first kappa shape index (κ1) is 38.1. The Morgan fingerprint density at radius 2 is 0.966 bits per heavy atom. The van der Waals surface area contributed by atoms with Gasteiger partial charge in [-0.2, -0.15) is 22.7 Å². The number of rotatable bonds is 10. The first-order valence-electron chi connectivity index (χ1n) is 19.0. The molecule has 58 heavy (non-hydrogen) atoms. The molecule has 6 aromatic heterocycles. The van der Waals surface area contributed by atoms with Crippen LogP contribution in [0.3, 0.4) is 0 Å². The Morgan fingerprint density at radius 3 is 1.36 bits per heavy atom. The molecule has 0 saturated carbocycles. The quantitative estimate of drug-likeness (QED) is 0.142. The van der Waals surface area contributed by atoms with Crippen LogP contribution in [0.5, 0.6) is 0 Å². The number of thiophene rings is 2. The number of pyridine rings is 2. The summed E-state index contributed by atoms with van der Waals surface area (Å²) in [6.45, 7) is 1.36. The van der Waals surface area contributed by atoms with Crippen LogP contribution in [0.4, 0.5) is 0 Å². The van der Waals surface area contributed by atoms with E-state index in [1.54, 1.807) is 22.7 Å². The third-order valence-corrected chi connectivity index (χ3v) is 12.3. The van der Waals surface area contributed by atoms with Gasteiger partial charge >= 0.3 is 0 Å². The molecule has 10 aromatic rings. The van der Waals surface area contributed by atoms with Crippen LogP contribution in [0.15, 0.2) is 131 Å². The number of imidazole rings is 2. The summed E-state index contributed by atoms with van der Waals surface area (Å²) in [5.41, 5.74) is 25.9. The zero-order valence-corrected chi connectivity index (χ0v) is 34.5. The fourth-order valence-corrected chi connectivity index (χ4v) is 9.30. The number of hydrogen-bond donors (Lipinski definition) is 2. The summed E-state index contributed by atoms with van der Waals surface area (Å²) in [5, 5.41) is 12.0. The Morgan fingerprint density at radius 1 is 0.500 bits per heavy atom. The minimum absolute atomic E-state index is 0.678. The van der Waals surface area contributed by atoms with Crippen molar-refractivity contribution < 1.29 is 0 Å². The maximum Gasteiger partial charge on any atom is 0.108 e. The molecule has 288 valence electrons. The SMILES string of the molecule is NCCCc1ccc(-n2cnc3cnc4ccc(-c5ccsc5)cc4c32)c(Cl)c1.NCCCc1ccc(-n2cnc3cnc4ccc(-c5ccsc5)cc4c32)c(Cl)c1. The molecule has 0 saturated heterocycles. The van der Waals surface area contributed by atoms with Crippen LogP contribution in [0.2, 0.25) is 10.0 Å². The summed E-state index contributed by atoms with van der Waals surface area (Å²) in [7, 11) is 0. The van der Waals surface area contributed by atoms with Gasteiger partial charge in [-0.05, 0) is 154 Å². The van der Waals surface area contributed by atoms with Gasteiger partial charge in [-0.1, -0.05) is 47.5 Å². The van der Waals surface area contributed by atoms with Crippen molar-refractivity contribution in [3.8, 4) is 33.6 Å². The molecule has 0 radical (unpaired) electrons. The lowest BCUT2D eigenvalue weighted by Gasteiger charge is -2.11. The summed E-state index contributed by atoms with van der Waals surface area (Å²) in [5.74, 6) is 0.